The third-order valence-corrected chi connectivity index (χ3v) is 4.77. The number of carbonyl (C=O) groups excluding carboxylic acids is 2. The number of fused-ring (bicyclic) bond motifs is 1. The molecular formula is C20H20O3. The molecule has 1 aliphatic carbocycles. The van der Waals surface area contributed by atoms with Crippen LogP contribution in [0.15, 0.2) is 42.5 Å². The van der Waals surface area contributed by atoms with E-state index in [0.717, 1.165) is 22.3 Å². The van der Waals surface area contributed by atoms with Gasteiger partial charge in [0.15, 0.2) is 5.78 Å². The van der Waals surface area contributed by atoms with Crippen molar-refractivity contribution in [2.24, 2.45) is 5.41 Å². The predicted octanol–water partition coefficient (Wildman–Crippen LogP) is 3.44. The number of rotatable bonds is 3. The number of aryl methyl sites for hydroxylation is 2. The third-order valence-electron chi connectivity index (χ3n) is 4.77. The molecule has 3 heteroatoms. The quantitative estimate of drug-likeness (QED) is 0.644. The molecule has 3 rings (SSSR count). The zero-order valence-corrected chi connectivity index (χ0v) is 13.7. The Morgan fingerprint density at radius 2 is 1.91 bits per heavy atom. The van der Waals surface area contributed by atoms with Crippen LogP contribution in [-0.2, 0) is 22.4 Å². The molecule has 23 heavy (non-hydrogen) atoms. The first kappa shape index (κ1) is 15.5. The molecule has 0 saturated carbocycles. The minimum Gasteiger partial charge on any atom is -0.468 e. The summed E-state index contributed by atoms with van der Waals surface area (Å²) < 4.78 is 5.02. The van der Waals surface area contributed by atoms with Crippen LogP contribution in [0, 0.1) is 19.3 Å². The van der Waals surface area contributed by atoms with E-state index in [1.165, 1.54) is 7.11 Å². The monoisotopic (exact) mass is 308 g/mol. The zero-order chi connectivity index (χ0) is 16.6. The molecule has 0 bridgehead atoms. The van der Waals surface area contributed by atoms with E-state index in [-0.39, 0.29) is 5.78 Å². The summed E-state index contributed by atoms with van der Waals surface area (Å²) in [6, 6.07) is 13.7. The third kappa shape index (κ3) is 2.46. The zero-order valence-electron chi connectivity index (χ0n) is 13.7. The van der Waals surface area contributed by atoms with E-state index in [1.807, 2.05) is 56.3 Å². The summed E-state index contributed by atoms with van der Waals surface area (Å²) in [6.07, 6.45) is 0.779. The van der Waals surface area contributed by atoms with E-state index in [0.29, 0.717) is 18.4 Å². The van der Waals surface area contributed by atoms with Gasteiger partial charge in [-0.3, -0.25) is 9.59 Å². The largest absolute Gasteiger partial charge is 0.468 e. The summed E-state index contributed by atoms with van der Waals surface area (Å²) in [7, 11) is 1.35. The van der Waals surface area contributed by atoms with Crippen molar-refractivity contribution >= 4 is 11.8 Å². The first-order valence-corrected chi connectivity index (χ1v) is 7.75. The molecule has 1 aliphatic rings. The highest BCUT2D eigenvalue weighted by atomic mass is 16.5. The summed E-state index contributed by atoms with van der Waals surface area (Å²) in [4.78, 5) is 25.7. The minimum atomic E-state index is -1.14. The second-order valence-corrected chi connectivity index (χ2v) is 6.34. The van der Waals surface area contributed by atoms with Crippen molar-refractivity contribution in [3.63, 3.8) is 0 Å². The van der Waals surface area contributed by atoms with Gasteiger partial charge in [-0.25, -0.2) is 0 Å². The Balaban J connectivity index is 2.09. The van der Waals surface area contributed by atoms with Gasteiger partial charge in [-0.15, -0.1) is 0 Å². The van der Waals surface area contributed by atoms with Crippen molar-refractivity contribution in [1.82, 2.24) is 0 Å². The van der Waals surface area contributed by atoms with E-state index >= 15 is 0 Å². The number of hydrogen-bond acceptors (Lipinski definition) is 3. The van der Waals surface area contributed by atoms with Gasteiger partial charge < -0.3 is 4.74 Å². The highest BCUT2D eigenvalue weighted by molar-refractivity contribution is 6.16. The van der Waals surface area contributed by atoms with Gasteiger partial charge >= 0.3 is 5.97 Å². The van der Waals surface area contributed by atoms with Crippen LogP contribution in [0.5, 0.6) is 0 Å². The Bertz CT molecular complexity index is 791. The van der Waals surface area contributed by atoms with Crippen molar-refractivity contribution in [2.75, 3.05) is 7.11 Å². The first-order chi connectivity index (χ1) is 11.0. The molecule has 2 aromatic carbocycles. The molecule has 0 fully saturated rings. The van der Waals surface area contributed by atoms with Gasteiger partial charge in [0.25, 0.3) is 0 Å². The van der Waals surface area contributed by atoms with Gasteiger partial charge in [0.1, 0.15) is 5.41 Å². The number of benzene rings is 2. The van der Waals surface area contributed by atoms with Crippen LogP contribution in [0.3, 0.4) is 0 Å². The van der Waals surface area contributed by atoms with Gasteiger partial charge in [-0.1, -0.05) is 42.0 Å². The number of ether oxygens (including phenoxy) is 1. The van der Waals surface area contributed by atoms with Crippen LogP contribution in [0.25, 0.3) is 0 Å². The fourth-order valence-corrected chi connectivity index (χ4v) is 3.43. The first-order valence-electron chi connectivity index (χ1n) is 7.75. The molecule has 0 aliphatic heterocycles. The van der Waals surface area contributed by atoms with Crippen LogP contribution >= 0.6 is 0 Å². The number of methoxy groups -OCH3 is 1. The average Bonchev–Trinajstić information content (AvgIpc) is 2.82. The predicted molar refractivity (Wildman–Crippen MR) is 88.5 cm³/mol. The summed E-state index contributed by atoms with van der Waals surface area (Å²) in [5, 5.41) is 0. The second-order valence-electron chi connectivity index (χ2n) is 6.34. The maximum atomic E-state index is 13.1. The van der Waals surface area contributed by atoms with Crippen LogP contribution in [0.4, 0.5) is 0 Å². The topological polar surface area (TPSA) is 43.4 Å². The van der Waals surface area contributed by atoms with E-state index < -0.39 is 11.4 Å². The van der Waals surface area contributed by atoms with Gasteiger partial charge in [0, 0.05) is 5.56 Å². The Kier molecular flexibility index (Phi) is 3.80. The molecule has 0 saturated heterocycles. The molecular weight excluding hydrogens is 288 g/mol. The smallest absolute Gasteiger partial charge is 0.320 e. The normalized spacial score (nSPS) is 19.5. The molecule has 3 nitrogen and oxygen atoms in total. The van der Waals surface area contributed by atoms with Crippen LogP contribution in [0.1, 0.15) is 32.6 Å². The van der Waals surface area contributed by atoms with Gasteiger partial charge in [0.05, 0.1) is 7.11 Å². The fourth-order valence-electron chi connectivity index (χ4n) is 3.43. The molecule has 0 N–H and O–H groups in total. The minimum absolute atomic E-state index is 0.119. The SMILES string of the molecule is COC(=O)[C@]1(Cc2ccccc2C)Cc2ccc(C)cc2C1=O. The summed E-state index contributed by atoms with van der Waals surface area (Å²) >= 11 is 0. The van der Waals surface area contributed by atoms with Gasteiger partial charge in [0.2, 0.25) is 0 Å². The lowest BCUT2D eigenvalue weighted by molar-refractivity contribution is -0.149. The molecule has 2 aromatic rings. The van der Waals surface area contributed by atoms with Crippen molar-refractivity contribution < 1.29 is 14.3 Å². The maximum absolute atomic E-state index is 13.1. The molecule has 0 aromatic heterocycles. The second kappa shape index (κ2) is 5.65. The standard InChI is InChI=1S/C20H20O3/c1-13-8-9-16-12-20(19(22)23-3,18(21)17(16)10-13)11-15-7-5-4-6-14(15)2/h4-10H,11-12H2,1-3H3/t20-/m1/s1. The average molecular weight is 308 g/mol. The highest BCUT2D eigenvalue weighted by Gasteiger charge is 2.52. The van der Waals surface area contributed by atoms with Crippen molar-refractivity contribution in [3.8, 4) is 0 Å². The maximum Gasteiger partial charge on any atom is 0.320 e. The van der Waals surface area contributed by atoms with Crippen LogP contribution in [-0.4, -0.2) is 18.9 Å². The van der Waals surface area contributed by atoms with E-state index in [9.17, 15) is 9.59 Å². The molecule has 0 amide bonds. The van der Waals surface area contributed by atoms with E-state index in [4.69, 9.17) is 4.74 Å². The molecule has 1 atom stereocenters. The van der Waals surface area contributed by atoms with E-state index in [1.54, 1.807) is 0 Å². The fraction of sp³-hybridized carbons (Fsp3) is 0.300. The summed E-state index contributed by atoms with van der Waals surface area (Å²) in [6.45, 7) is 3.95. The lowest BCUT2D eigenvalue weighted by Crippen LogP contribution is -2.40. The Hall–Kier alpha value is -2.42. The van der Waals surface area contributed by atoms with Gasteiger partial charge in [-0.2, -0.15) is 0 Å². The Labute approximate surface area is 136 Å². The van der Waals surface area contributed by atoms with Crippen molar-refractivity contribution in [2.45, 2.75) is 26.7 Å². The molecule has 0 heterocycles. The number of ketones is 1. The van der Waals surface area contributed by atoms with Crippen molar-refractivity contribution in [1.29, 1.82) is 0 Å². The number of carbonyl (C=O) groups is 2. The highest BCUT2D eigenvalue weighted by Crippen LogP contribution is 2.41. The van der Waals surface area contributed by atoms with Gasteiger partial charge in [-0.05, 0) is 49.4 Å². The number of hydrogen-bond donors (Lipinski definition) is 0. The Morgan fingerprint density at radius 1 is 1.17 bits per heavy atom. The summed E-state index contributed by atoms with van der Waals surface area (Å²) in [5.41, 5.74) is 3.56. The van der Waals surface area contributed by atoms with Crippen molar-refractivity contribution in [3.05, 3.63) is 70.3 Å². The number of Topliss-reactive ketones (excluding diaryl/α,β-unsaturated/α-hetero) is 1. The number of esters is 1. The van der Waals surface area contributed by atoms with Crippen LogP contribution in [0.2, 0.25) is 0 Å². The Morgan fingerprint density at radius 3 is 2.61 bits per heavy atom. The molecule has 0 unspecified atom stereocenters. The molecule has 0 spiro atoms. The lowest BCUT2D eigenvalue weighted by atomic mass is 9.77. The molecule has 118 valence electrons. The summed E-state index contributed by atoms with van der Waals surface area (Å²) in [5.74, 6) is -0.564. The van der Waals surface area contributed by atoms with E-state index in [2.05, 4.69) is 0 Å². The molecule has 0 radical (unpaired) electrons. The van der Waals surface area contributed by atoms with Crippen LogP contribution < -0.4 is 0 Å². The lowest BCUT2D eigenvalue weighted by Gasteiger charge is -2.25.